The van der Waals surface area contributed by atoms with Crippen molar-refractivity contribution in [3.05, 3.63) is 29.6 Å². The fourth-order valence-electron chi connectivity index (χ4n) is 1.22. The first-order valence-electron chi connectivity index (χ1n) is 5.09. The third-order valence-corrected chi connectivity index (χ3v) is 2.25. The molecule has 0 aromatic heterocycles. The van der Waals surface area contributed by atoms with E-state index in [0.717, 1.165) is 12.1 Å². The van der Waals surface area contributed by atoms with Crippen LogP contribution in [0.3, 0.4) is 0 Å². The lowest BCUT2D eigenvalue weighted by atomic mass is 10.1. The summed E-state index contributed by atoms with van der Waals surface area (Å²) >= 11 is 0. The predicted molar refractivity (Wildman–Crippen MR) is 57.8 cm³/mol. The number of hydrogen-bond acceptors (Lipinski definition) is 2. The van der Waals surface area contributed by atoms with Crippen LogP contribution in [-0.2, 0) is 4.79 Å². The lowest BCUT2D eigenvalue weighted by Crippen LogP contribution is -2.20. The van der Waals surface area contributed by atoms with Gasteiger partial charge in [0.15, 0.2) is 17.5 Å². The summed E-state index contributed by atoms with van der Waals surface area (Å²) in [6.07, 6.45) is 0.0922. The molecule has 0 aliphatic carbocycles. The van der Waals surface area contributed by atoms with Gasteiger partial charge in [0.05, 0.1) is 5.69 Å². The number of halogens is 3. The summed E-state index contributed by atoms with van der Waals surface area (Å²) < 4.78 is 38.7. The van der Waals surface area contributed by atoms with E-state index in [1.807, 2.05) is 0 Å². The Morgan fingerprint density at radius 1 is 1.35 bits per heavy atom. The minimum Gasteiger partial charge on any atom is -0.330 e. The molecule has 0 heterocycles. The van der Waals surface area contributed by atoms with Crippen LogP contribution < -0.4 is 11.1 Å². The third-order valence-electron chi connectivity index (χ3n) is 2.25. The van der Waals surface area contributed by atoms with E-state index in [0.29, 0.717) is 6.54 Å². The van der Waals surface area contributed by atoms with E-state index in [-0.39, 0.29) is 18.0 Å². The van der Waals surface area contributed by atoms with Crippen molar-refractivity contribution < 1.29 is 18.0 Å². The highest BCUT2D eigenvalue weighted by Crippen LogP contribution is 2.20. The van der Waals surface area contributed by atoms with E-state index in [4.69, 9.17) is 5.73 Å². The van der Waals surface area contributed by atoms with Gasteiger partial charge in [-0.1, -0.05) is 6.92 Å². The average Bonchev–Trinajstić information content (AvgIpc) is 2.29. The Morgan fingerprint density at radius 3 is 2.59 bits per heavy atom. The molecule has 1 aromatic carbocycles. The molecular formula is C11H13F3N2O. The molecular weight excluding hydrogens is 233 g/mol. The second-order valence-corrected chi connectivity index (χ2v) is 3.82. The Hall–Kier alpha value is -1.56. The van der Waals surface area contributed by atoms with Gasteiger partial charge in [-0.05, 0) is 24.6 Å². The molecule has 6 heteroatoms. The highest BCUT2D eigenvalue weighted by Gasteiger charge is 2.15. The van der Waals surface area contributed by atoms with E-state index in [1.54, 1.807) is 6.92 Å². The first-order valence-corrected chi connectivity index (χ1v) is 5.09. The number of anilines is 1. The molecule has 1 unspecified atom stereocenters. The second kappa shape index (κ2) is 5.67. The van der Waals surface area contributed by atoms with Gasteiger partial charge in [0.1, 0.15) is 0 Å². The minimum atomic E-state index is -1.60. The second-order valence-electron chi connectivity index (χ2n) is 3.82. The van der Waals surface area contributed by atoms with Crippen LogP contribution in [0, 0.1) is 23.4 Å². The molecule has 17 heavy (non-hydrogen) atoms. The molecule has 0 saturated carbocycles. The third kappa shape index (κ3) is 3.45. The van der Waals surface area contributed by atoms with Gasteiger partial charge in [0.25, 0.3) is 0 Å². The quantitative estimate of drug-likeness (QED) is 0.798. The van der Waals surface area contributed by atoms with E-state index in [2.05, 4.69) is 5.32 Å². The van der Waals surface area contributed by atoms with Crippen LogP contribution in [0.1, 0.15) is 13.3 Å². The lowest BCUT2D eigenvalue weighted by Gasteiger charge is -2.10. The van der Waals surface area contributed by atoms with Crippen LogP contribution in [0.2, 0.25) is 0 Å². The van der Waals surface area contributed by atoms with Gasteiger partial charge in [-0.2, -0.15) is 0 Å². The average molecular weight is 246 g/mol. The van der Waals surface area contributed by atoms with Gasteiger partial charge in [-0.25, -0.2) is 13.2 Å². The maximum atomic E-state index is 13.2. The Kier molecular flexibility index (Phi) is 4.51. The molecule has 0 saturated heterocycles. The van der Waals surface area contributed by atoms with Crippen molar-refractivity contribution >= 4 is 11.6 Å². The summed E-state index contributed by atoms with van der Waals surface area (Å²) in [5, 5.41) is 2.17. The number of carbonyl (C=O) groups excluding carboxylic acids is 1. The van der Waals surface area contributed by atoms with Crippen molar-refractivity contribution in [2.24, 2.45) is 11.7 Å². The molecule has 94 valence electrons. The van der Waals surface area contributed by atoms with Gasteiger partial charge in [-0.3, -0.25) is 4.79 Å². The van der Waals surface area contributed by atoms with Crippen LogP contribution in [0.25, 0.3) is 0 Å². The van der Waals surface area contributed by atoms with Gasteiger partial charge in [0, 0.05) is 6.42 Å². The van der Waals surface area contributed by atoms with E-state index in [9.17, 15) is 18.0 Å². The van der Waals surface area contributed by atoms with Crippen LogP contribution in [0.5, 0.6) is 0 Å². The molecule has 3 N–H and O–H groups in total. The molecule has 1 amide bonds. The molecule has 0 aliphatic heterocycles. The summed E-state index contributed by atoms with van der Waals surface area (Å²) in [6.45, 7) is 2.06. The number of nitrogens with two attached hydrogens (primary N) is 1. The topological polar surface area (TPSA) is 55.1 Å². The Bertz CT molecular complexity index is 423. The van der Waals surface area contributed by atoms with E-state index < -0.39 is 23.4 Å². The Labute approximate surface area is 96.8 Å². The fraction of sp³-hybridized carbons (Fsp3) is 0.364. The zero-order chi connectivity index (χ0) is 13.0. The highest BCUT2D eigenvalue weighted by atomic mass is 19.2. The highest BCUT2D eigenvalue weighted by molar-refractivity contribution is 5.90. The SMILES string of the molecule is CC(CN)CC(=O)Nc1ccc(F)c(F)c1F. The standard InChI is InChI=1S/C11H13F3N2O/c1-6(5-15)4-9(17)16-8-3-2-7(12)10(13)11(8)14/h2-3,6H,4-5,15H2,1H3,(H,16,17). The Morgan fingerprint density at radius 2 is 2.00 bits per heavy atom. The fourth-order valence-corrected chi connectivity index (χ4v) is 1.22. The van der Waals surface area contributed by atoms with Gasteiger partial charge < -0.3 is 11.1 Å². The zero-order valence-corrected chi connectivity index (χ0v) is 9.27. The number of amides is 1. The number of benzene rings is 1. The van der Waals surface area contributed by atoms with Crippen LogP contribution in [-0.4, -0.2) is 12.5 Å². The molecule has 1 rings (SSSR count). The maximum Gasteiger partial charge on any atom is 0.224 e. The molecule has 0 radical (unpaired) electrons. The van der Waals surface area contributed by atoms with E-state index >= 15 is 0 Å². The summed E-state index contributed by atoms with van der Waals surface area (Å²) in [5.41, 5.74) is 4.95. The summed E-state index contributed by atoms with van der Waals surface area (Å²) in [5.74, 6) is -4.86. The normalized spacial score (nSPS) is 12.3. The van der Waals surface area contributed by atoms with Crippen LogP contribution in [0.15, 0.2) is 12.1 Å². The monoisotopic (exact) mass is 246 g/mol. The molecule has 0 fully saturated rings. The Balaban J connectivity index is 2.76. The predicted octanol–water partition coefficient (Wildman–Crippen LogP) is 2.03. The minimum absolute atomic E-state index is 0.0663. The number of hydrogen-bond donors (Lipinski definition) is 2. The molecule has 3 nitrogen and oxygen atoms in total. The number of nitrogens with one attached hydrogen (secondary N) is 1. The smallest absolute Gasteiger partial charge is 0.224 e. The molecule has 0 aliphatic rings. The number of rotatable bonds is 4. The maximum absolute atomic E-state index is 13.2. The summed E-state index contributed by atoms with van der Waals surface area (Å²) in [7, 11) is 0. The van der Waals surface area contributed by atoms with Crippen molar-refractivity contribution in [2.75, 3.05) is 11.9 Å². The van der Waals surface area contributed by atoms with Gasteiger partial charge in [-0.15, -0.1) is 0 Å². The number of carbonyl (C=O) groups is 1. The van der Waals surface area contributed by atoms with Crippen LogP contribution in [0.4, 0.5) is 18.9 Å². The van der Waals surface area contributed by atoms with Gasteiger partial charge >= 0.3 is 0 Å². The first-order chi connectivity index (χ1) is 7.95. The van der Waals surface area contributed by atoms with Crippen molar-refractivity contribution in [2.45, 2.75) is 13.3 Å². The van der Waals surface area contributed by atoms with Crippen molar-refractivity contribution in [3.63, 3.8) is 0 Å². The zero-order valence-electron chi connectivity index (χ0n) is 9.27. The van der Waals surface area contributed by atoms with Crippen molar-refractivity contribution in [1.82, 2.24) is 0 Å². The summed E-state index contributed by atoms with van der Waals surface area (Å²) in [6, 6.07) is 1.72. The lowest BCUT2D eigenvalue weighted by molar-refractivity contribution is -0.116. The van der Waals surface area contributed by atoms with Crippen molar-refractivity contribution in [3.8, 4) is 0 Å². The summed E-state index contributed by atoms with van der Waals surface area (Å²) in [4.78, 5) is 11.4. The largest absolute Gasteiger partial charge is 0.330 e. The molecule has 0 spiro atoms. The molecule has 0 bridgehead atoms. The van der Waals surface area contributed by atoms with Crippen LogP contribution >= 0.6 is 0 Å². The molecule has 1 aromatic rings. The van der Waals surface area contributed by atoms with Crippen molar-refractivity contribution in [1.29, 1.82) is 0 Å². The first kappa shape index (κ1) is 13.5. The van der Waals surface area contributed by atoms with E-state index in [1.165, 1.54) is 0 Å². The van der Waals surface area contributed by atoms with Gasteiger partial charge in [0.2, 0.25) is 5.91 Å². The molecule has 1 atom stereocenters.